The van der Waals surface area contributed by atoms with Crippen LogP contribution in [-0.4, -0.2) is 52.2 Å². The molecule has 1 N–H and O–H groups in total. The van der Waals surface area contributed by atoms with Crippen molar-refractivity contribution in [3.63, 3.8) is 0 Å². The second-order valence-electron chi connectivity index (χ2n) is 11.2. The third kappa shape index (κ3) is 6.13. The Morgan fingerprint density at radius 2 is 1.93 bits per heavy atom. The lowest BCUT2D eigenvalue weighted by Crippen LogP contribution is -2.54. The summed E-state index contributed by atoms with van der Waals surface area (Å²) in [6, 6.07) is 14.9. The minimum atomic E-state index is -1.36. The second-order valence-corrected chi connectivity index (χ2v) is 12.2. The first-order valence-corrected chi connectivity index (χ1v) is 14.6. The summed E-state index contributed by atoms with van der Waals surface area (Å²) in [5.74, 6) is 0.348. The predicted molar refractivity (Wildman–Crippen MR) is 156 cm³/mol. The van der Waals surface area contributed by atoms with Crippen molar-refractivity contribution >= 4 is 34.8 Å². The number of hydrogen-bond donors (Lipinski definition) is 1. The van der Waals surface area contributed by atoms with E-state index in [9.17, 15) is 9.59 Å². The van der Waals surface area contributed by atoms with E-state index in [1.165, 1.54) is 11.3 Å². The monoisotopic (exact) mass is 577 g/mol. The van der Waals surface area contributed by atoms with Crippen molar-refractivity contribution in [2.24, 2.45) is 4.99 Å². The summed E-state index contributed by atoms with van der Waals surface area (Å²) in [5, 5.41) is 11.9. The fraction of sp³-hybridized carbons (Fsp3) is 0.419. The van der Waals surface area contributed by atoms with Crippen LogP contribution in [0.1, 0.15) is 68.0 Å². The summed E-state index contributed by atoms with van der Waals surface area (Å²) < 4.78 is 17.7. The van der Waals surface area contributed by atoms with E-state index in [1.54, 1.807) is 17.0 Å². The summed E-state index contributed by atoms with van der Waals surface area (Å²) in [7, 11) is 0. The lowest BCUT2D eigenvalue weighted by molar-refractivity contribution is -0.155. The molecule has 41 heavy (non-hydrogen) atoms. The molecule has 0 saturated carbocycles. The topological polar surface area (TPSA) is 111 Å². The number of benzene rings is 2. The van der Waals surface area contributed by atoms with Crippen LogP contribution in [-0.2, 0) is 25.6 Å². The SMILES string of the molecule is Cc1nc(CN2C(=O)[C@]3(CCC(=O)OC(C)(C)C)N=C(c4ccc(OCCCO)cc4)O[C@@H]3c3ccccc32)cs1. The van der Waals surface area contributed by atoms with Gasteiger partial charge in [-0.1, -0.05) is 18.2 Å². The van der Waals surface area contributed by atoms with E-state index in [1.807, 2.05) is 69.5 Å². The number of amides is 1. The highest BCUT2D eigenvalue weighted by Crippen LogP contribution is 2.51. The number of aliphatic hydroxyl groups is 1. The summed E-state index contributed by atoms with van der Waals surface area (Å²) in [5.41, 5.74) is 1.04. The third-order valence-electron chi connectivity index (χ3n) is 6.88. The van der Waals surface area contributed by atoms with Gasteiger partial charge in [0.25, 0.3) is 5.91 Å². The largest absolute Gasteiger partial charge is 0.494 e. The van der Waals surface area contributed by atoms with Crippen molar-refractivity contribution in [2.45, 2.75) is 70.7 Å². The van der Waals surface area contributed by atoms with Crippen molar-refractivity contribution < 1.29 is 28.9 Å². The van der Waals surface area contributed by atoms with Crippen molar-refractivity contribution in [3.05, 3.63) is 75.7 Å². The number of rotatable bonds is 10. The molecule has 10 heteroatoms. The number of anilines is 1. The van der Waals surface area contributed by atoms with Gasteiger partial charge in [0.05, 0.1) is 29.5 Å². The lowest BCUT2D eigenvalue weighted by Gasteiger charge is -2.41. The van der Waals surface area contributed by atoms with E-state index in [0.29, 0.717) is 30.2 Å². The Balaban J connectivity index is 1.52. The number of fused-ring (bicyclic) bond motifs is 3. The van der Waals surface area contributed by atoms with Crippen LogP contribution in [0, 0.1) is 6.92 Å². The Bertz CT molecular complexity index is 1440. The zero-order chi connectivity index (χ0) is 29.2. The van der Waals surface area contributed by atoms with Gasteiger partial charge in [0, 0.05) is 36.0 Å². The summed E-state index contributed by atoms with van der Waals surface area (Å²) in [6.07, 6.45) is -0.0447. The molecule has 3 heterocycles. The molecule has 0 saturated heterocycles. The molecule has 216 valence electrons. The van der Waals surface area contributed by atoms with Gasteiger partial charge in [-0.05, 0) is 64.4 Å². The standard InChI is InChI=1S/C31H35N3O6S/c1-20-32-22(19-41-20)18-34-25-9-6-5-8-24(25)27-31(29(34)37,15-14-26(36)40-30(2,3)4)33-28(39-27)21-10-12-23(13-11-21)38-17-7-16-35/h5-6,8-13,19,27,35H,7,14-18H2,1-4H3/t27-,31-/m1/s1. The number of thiazole rings is 1. The first-order valence-electron chi connectivity index (χ1n) is 13.7. The van der Waals surface area contributed by atoms with Gasteiger partial charge < -0.3 is 24.2 Å². The Kier molecular flexibility index (Phi) is 8.15. The summed E-state index contributed by atoms with van der Waals surface area (Å²) in [6.45, 7) is 8.13. The Morgan fingerprint density at radius 1 is 1.17 bits per heavy atom. The van der Waals surface area contributed by atoms with Crippen molar-refractivity contribution in [1.29, 1.82) is 0 Å². The molecule has 0 spiro atoms. The molecule has 0 radical (unpaired) electrons. The molecule has 9 nitrogen and oxygen atoms in total. The molecule has 3 aromatic rings. The maximum absolute atomic E-state index is 14.5. The highest BCUT2D eigenvalue weighted by atomic mass is 32.1. The molecule has 0 unspecified atom stereocenters. The molecule has 2 aliphatic heterocycles. The number of aromatic nitrogens is 1. The van der Waals surface area contributed by atoms with Crippen LogP contribution in [0.5, 0.6) is 5.75 Å². The number of carbonyl (C=O) groups excluding carboxylic acids is 2. The highest BCUT2D eigenvalue weighted by Gasteiger charge is 2.58. The van der Waals surface area contributed by atoms with Crippen LogP contribution in [0.4, 0.5) is 5.69 Å². The van der Waals surface area contributed by atoms with Crippen LogP contribution >= 0.6 is 11.3 Å². The van der Waals surface area contributed by atoms with Gasteiger partial charge >= 0.3 is 5.97 Å². The number of nitrogens with zero attached hydrogens (tertiary/aromatic N) is 3. The van der Waals surface area contributed by atoms with Crippen LogP contribution in [0.2, 0.25) is 0 Å². The lowest BCUT2D eigenvalue weighted by atomic mass is 9.79. The zero-order valence-electron chi connectivity index (χ0n) is 23.8. The van der Waals surface area contributed by atoms with E-state index in [-0.39, 0.29) is 31.9 Å². The van der Waals surface area contributed by atoms with Gasteiger partial charge in [-0.2, -0.15) is 0 Å². The van der Waals surface area contributed by atoms with Crippen LogP contribution in [0.3, 0.4) is 0 Å². The third-order valence-corrected chi connectivity index (χ3v) is 7.70. The van der Waals surface area contributed by atoms with Crippen LogP contribution < -0.4 is 9.64 Å². The molecule has 0 bridgehead atoms. The molecule has 5 rings (SSSR count). The highest BCUT2D eigenvalue weighted by molar-refractivity contribution is 7.09. The van der Waals surface area contributed by atoms with Gasteiger partial charge in [-0.3, -0.25) is 9.59 Å². The average Bonchev–Trinajstić information content (AvgIpc) is 3.54. The van der Waals surface area contributed by atoms with Crippen molar-refractivity contribution in [1.82, 2.24) is 4.98 Å². The number of aliphatic hydroxyl groups excluding tert-OH is 1. The molecule has 1 aromatic heterocycles. The Hall–Kier alpha value is -3.76. The average molecular weight is 578 g/mol. The van der Waals surface area contributed by atoms with E-state index in [4.69, 9.17) is 24.3 Å². The van der Waals surface area contributed by atoms with Crippen molar-refractivity contribution in [2.75, 3.05) is 18.1 Å². The predicted octanol–water partition coefficient (Wildman–Crippen LogP) is 5.14. The van der Waals surface area contributed by atoms with Crippen LogP contribution in [0.25, 0.3) is 0 Å². The second kappa shape index (κ2) is 11.6. The molecule has 0 fully saturated rings. The maximum atomic E-state index is 14.5. The molecular formula is C31H35N3O6S. The minimum Gasteiger partial charge on any atom is -0.494 e. The number of ether oxygens (including phenoxy) is 3. The number of esters is 1. The van der Waals surface area contributed by atoms with E-state index >= 15 is 0 Å². The normalized spacial score (nSPS) is 19.7. The molecule has 2 aliphatic rings. The van der Waals surface area contributed by atoms with Gasteiger partial charge in [0.15, 0.2) is 11.6 Å². The van der Waals surface area contributed by atoms with Gasteiger partial charge in [-0.25, -0.2) is 9.98 Å². The smallest absolute Gasteiger partial charge is 0.306 e. The molecule has 1 amide bonds. The Labute approximate surface area is 243 Å². The molecule has 2 aromatic carbocycles. The van der Waals surface area contributed by atoms with E-state index < -0.39 is 23.2 Å². The molecule has 2 atom stereocenters. The number of hydrogen-bond acceptors (Lipinski definition) is 9. The minimum absolute atomic E-state index is 0.00308. The number of aliphatic imine (C=N–C) groups is 1. The van der Waals surface area contributed by atoms with E-state index in [0.717, 1.165) is 22.0 Å². The number of para-hydroxylation sites is 1. The quantitative estimate of drug-likeness (QED) is 0.262. The van der Waals surface area contributed by atoms with Gasteiger partial charge in [-0.15, -0.1) is 11.3 Å². The fourth-order valence-corrected chi connectivity index (χ4v) is 5.72. The van der Waals surface area contributed by atoms with Gasteiger partial charge in [0.1, 0.15) is 11.4 Å². The van der Waals surface area contributed by atoms with E-state index in [2.05, 4.69) is 4.98 Å². The number of aryl methyl sites for hydroxylation is 1. The summed E-state index contributed by atoms with van der Waals surface area (Å²) in [4.78, 5) is 38.6. The number of carbonyl (C=O) groups is 2. The zero-order valence-corrected chi connectivity index (χ0v) is 24.6. The summed E-state index contributed by atoms with van der Waals surface area (Å²) >= 11 is 1.53. The first-order chi connectivity index (χ1) is 19.6. The van der Waals surface area contributed by atoms with Crippen molar-refractivity contribution in [3.8, 4) is 5.75 Å². The maximum Gasteiger partial charge on any atom is 0.306 e. The van der Waals surface area contributed by atoms with Crippen LogP contribution in [0.15, 0.2) is 58.9 Å². The Morgan fingerprint density at radius 3 is 2.61 bits per heavy atom. The molecular weight excluding hydrogens is 542 g/mol. The van der Waals surface area contributed by atoms with Gasteiger partial charge in [0.2, 0.25) is 5.90 Å². The fourth-order valence-electron chi connectivity index (χ4n) is 5.11. The first kappa shape index (κ1) is 28.8. The molecule has 0 aliphatic carbocycles.